The molecular formula is C12H22. The van der Waals surface area contributed by atoms with Crippen molar-refractivity contribution in [2.24, 2.45) is 16.7 Å². The minimum atomic E-state index is 0.558. The summed E-state index contributed by atoms with van der Waals surface area (Å²) in [5, 5.41) is 0. The highest BCUT2D eigenvalue weighted by Crippen LogP contribution is 2.59. The molecule has 12 heavy (non-hydrogen) atoms. The molecule has 2 rings (SSSR count). The van der Waals surface area contributed by atoms with E-state index in [0.29, 0.717) is 5.41 Å². The van der Waals surface area contributed by atoms with Crippen molar-refractivity contribution in [2.45, 2.75) is 59.3 Å². The van der Waals surface area contributed by atoms with Gasteiger partial charge in [-0.3, -0.25) is 0 Å². The van der Waals surface area contributed by atoms with E-state index < -0.39 is 0 Å². The van der Waals surface area contributed by atoms with Crippen LogP contribution in [0.15, 0.2) is 0 Å². The Morgan fingerprint density at radius 1 is 1.08 bits per heavy atom. The summed E-state index contributed by atoms with van der Waals surface area (Å²) in [6.45, 7) is 7.34. The van der Waals surface area contributed by atoms with Gasteiger partial charge in [-0.1, -0.05) is 33.6 Å². The van der Waals surface area contributed by atoms with Crippen LogP contribution in [0.25, 0.3) is 0 Å². The van der Waals surface area contributed by atoms with Gasteiger partial charge in [0, 0.05) is 0 Å². The fraction of sp³-hybridized carbons (Fsp3) is 1.00. The summed E-state index contributed by atoms with van der Waals surface area (Å²) in [6, 6.07) is 0. The Kier molecular flexibility index (Phi) is 1.79. The van der Waals surface area contributed by atoms with Crippen molar-refractivity contribution in [2.75, 3.05) is 0 Å². The molecule has 2 aliphatic carbocycles. The minimum Gasteiger partial charge on any atom is -0.0596 e. The van der Waals surface area contributed by atoms with Crippen LogP contribution in [0.3, 0.4) is 0 Å². The Morgan fingerprint density at radius 2 is 1.83 bits per heavy atom. The molecule has 2 atom stereocenters. The first-order chi connectivity index (χ1) is 5.54. The van der Waals surface area contributed by atoms with Crippen LogP contribution in [0.5, 0.6) is 0 Å². The maximum Gasteiger partial charge on any atom is -0.0246 e. The van der Waals surface area contributed by atoms with E-state index in [4.69, 9.17) is 0 Å². The van der Waals surface area contributed by atoms with Gasteiger partial charge in [0.25, 0.3) is 0 Å². The second-order valence-corrected chi connectivity index (χ2v) is 6.03. The van der Waals surface area contributed by atoms with Gasteiger partial charge in [-0.05, 0) is 42.4 Å². The molecule has 2 unspecified atom stereocenters. The molecular weight excluding hydrogens is 144 g/mol. The summed E-state index contributed by atoms with van der Waals surface area (Å²) >= 11 is 0. The van der Waals surface area contributed by atoms with Gasteiger partial charge in [0.2, 0.25) is 0 Å². The average Bonchev–Trinajstić information content (AvgIpc) is 2.27. The molecule has 2 saturated carbocycles. The van der Waals surface area contributed by atoms with E-state index in [1.165, 1.54) is 38.5 Å². The van der Waals surface area contributed by atoms with Gasteiger partial charge >= 0.3 is 0 Å². The Bertz CT molecular complexity index is 171. The SMILES string of the molecule is CC(C)(C)C12CCCC(CC1)C2. The quantitative estimate of drug-likeness (QED) is 0.510. The highest BCUT2D eigenvalue weighted by atomic mass is 14.5. The second-order valence-electron chi connectivity index (χ2n) is 6.03. The van der Waals surface area contributed by atoms with Crippen LogP contribution in [-0.4, -0.2) is 0 Å². The smallest absolute Gasteiger partial charge is 0.0246 e. The zero-order chi connectivity index (χ0) is 8.82. The summed E-state index contributed by atoms with van der Waals surface area (Å²) in [5.74, 6) is 1.10. The maximum atomic E-state index is 2.45. The Morgan fingerprint density at radius 3 is 2.42 bits per heavy atom. The van der Waals surface area contributed by atoms with E-state index in [2.05, 4.69) is 20.8 Å². The third-order valence-electron chi connectivity index (χ3n) is 4.57. The predicted octanol–water partition coefficient (Wildman–Crippen LogP) is 4.00. The van der Waals surface area contributed by atoms with Gasteiger partial charge in [-0.15, -0.1) is 0 Å². The molecule has 0 amide bonds. The van der Waals surface area contributed by atoms with Crippen LogP contribution < -0.4 is 0 Å². The summed E-state index contributed by atoms with van der Waals surface area (Å²) in [6.07, 6.45) is 9.11. The number of rotatable bonds is 0. The number of hydrogen-bond acceptors (Lipinski definition) is 0. The van der Waals surface area contributed by atoms with Crippen LogP contribution in [0.4, 0.5) is 0 Å². The molecule has 0 heteroatoms. The van der Waals surface area contributed by atoms with Crippen molar-refractivity contribution in [3.05, 3.63) is 0 Å². The molecule has 0 saturated heterocycles. The Labute approximate surface area is 76.7 Å². The van der Waals surface area contributed by atoms with E-state index in [9.17, 15) is 0 Å². The molecule has 0 aromatic heterocycles. The van der Waals surface area contributed by atoms with E-state index in [0.717, 1.165) is 11.3 Å². The molecule has 0 N–H and O–H groups in total. The molecule has 0 aliphatic heterocycles. The van der Waals surface area contributed by atoms with Gasteiger partial charge in [-0.2, -0.15) is 0 Å². The molecule has 0 nitrogen and oxygen atoms in total. The normalized spacial score (nSPS) is 41.8. The fourth-order valence-corrected chi connectivity index (χ4v) is 3.50. The van der Waals surface area contributed by atoms with Crippen LogP contribution in [0.1, 0.15) is 59.3 Å². The van der Waals surface area contributed by atoms with Gasteiger partial charge in [0.15, 0.2) is 0 Å². The maximum absolute atomic E-state index is 2.45. The van der Waals surface area contributed by atoms with Crippen molar-refractivity contribution in [1.29, 1.82) is 0 Å². The summed E-state index contributed by atoms with van der Waals surface area (Å²) in [4.78, 5) is 0. The van der Waals surface area contributed by atoms with Crippen molar-refractivity contribution < 1.29 is 0 Å². The lowest BCUT2D eigenvalue weighted by molar-refractivity contribution is 0.0568. The molecule has 2 fully saturated rings. The monoisotopic (exact) mass is 166 g/mol. The predicted molar refractivity (Wildman–Crippen MR) is 53.1 cm³/mol. The molecule has 2 aliphatic rings. The van der Waals surface area contributed by atoms with Crippen molar-refractivity contribution >= 4 is 0 Å². The lowest BCUT2D eigenvalue weighted by Crippen LogP contribution is -2.35. The van der Waals surface area contributed by atoms with Crippen molar-refractivity contribution in [1.82, 2.24) is 0 Å². The van der Waals surface area contributed by atoms with Crippen molar-refractivity contribution in [3.8, 4) is 0 Å². The van der Waals surface area contributed by atoms with Gasteiger partial charge < -0.3 is 0 Å². The number of hydrogen-bond donors (Lipinski definition) is 0. The molecule has 70 valence electrons. The Hall–Kier alpha value is 0. The number of fused-ring (bicyclic) bond motifs is 2. The lowest BCUT2D eigenvalue weighted by Gasteiger charge is -2.44. The summed E-state index contributed by atoms with van der Waals surface area (Å²) < 4.78 is 0. The standard InChI is InChI=1S/C12H22/c1-11(2,3)12-7-4-5-10(9-12)6-8-12/h10H,4-9H2,1-3H3. The first-order valence-corrected chi connectivity index (χ1v) is 5.54. The largest absolute Gasteiger partial charge is 0.0596 e. The van der Waals surface area contributed by atoms with Crippen LogP contribution >= 0.6 is 0 Å². The minimum absolute atomic E-state index is 0.558. The van der Waals surface area contributed by atoms with Crippen LogP contribution in [-0.2, 0) is 0 Å². The van der Waals surface area contributed by atoms with E-state index >= 15 is 0 Å². The third-order valence-corrected chi connectivity index (χ3v) is 4.57. The molecule has 0 aromatic rings. The zero-order valence-corrected chi connectivity index (χ0v) is 8.82. The highest BCUT2D eigenvalue weighted by molar-refractivity contribution is 4.99. The topological polar surface area (TPSA) is 0 Å². The fourth-order valence-electron chi connectivity index (χ4n) is 3.50. The summed E-state index contributed by atoms with van der Waals surface area (Å²) in [7, 11) is 0. The molecule has 0 spiro atoms. The van der Waals surface area contributed by atoms with E-state index in [1.54, 1.807) is 0 Å². The van der Waals surface area contributed by atoms with Crippen molar-refractivity contribution in [3.63, 3.8) is 0 Å². The second kappa shape index (κ2) is 2.49. The van der Waals surface area contributed by atoms with E-state index in [-0.39, 0.29) is 0 Å². The van der Waals surface area contributed by atoms with E-state index in [1.807, 2.05) is 0 Å². The van der Waals surface area contributed by atoms with Crippen LogP contribution in [0, 0.1) is 16.7 Å². The summed E-state index contributed by atoms with van der Waals surface area (Å²) in [5.41, 5.74) is 1.29. The molecule has 0 heterocycles. The molecule has 0 radical (unpaired) electrons. The van der Waals surface area contributed by atoms with Gasteiger partial charge in [0.05, 0.1) is 0 Å². The van der Waals surface area contributed by atoms with Crippen LogP contribution in [0.2, 0.25) is 0 Å². The highest BCUT2D eigenvalue weighted by Gasteiger charge is 2.48. The zero-order valence-electron chi connectivity index (χ0n) is 8.82. The average molecular weight is 166 g/mol. The third kappa shape index (κ3) is 1.11. The first kappa shape index (κ1) is 8.59. The molecule has 0 aromatic carbocycles. The van der Waals surface area contributed by atoms with Gasteiger partial charge in [0.1, 0.15) is 0 Å². The first-order valence-electron chi connectivity index (χ1n) is 5.54. The molecule has 2 bridgehead atoms. The lowest BCUT2D eigenvalue weighted by atomic mass is 9.61. The Balaban J connectivity index is 2.21. The van der Waals surface area contributed by atoms with Gasteiger partial charge in [-0.25, -0.2) is 0 Å².